The van der Waals surface area contributed by atoms with E-state index >= 15 is 0 Å². The molecular weight excluding hydrogens is 245 g/mol. The standard InChI is InChI=1S/C12H15Cl2NO/c1-2-15-6-5-11(16)8-9-7-10(13)3-4-12(9)14/h3-4,7,15H,2,5-6,8H2,1H3. The van der Waals surface area contributed by atoms with E-state index in [2.05, 4.69) is 5.32 Å². The summed E-state index contributed by atoms with van der Waals surface area (Å²) in [5, 5.41) is 4.32. The Balaban J connectivity index is 2.52. The summed E-state index contributed by atoms with van der Waals surface area (Å²) in [7, 11) is 0. The smallest absolute Gasteiger partial charge is 0.138 e. The molecule has 0 saturated carbocycles. The Morgan fingerprint density at radius 3 is 2.81 bits per heavy atom. The van der Waals surface area contributed by atoms with Crippen molar-refractivity contribution in [3.8, 4) is 0 Å². The number of Topliss-reactive ketones (excluding diaryl/α,β-unsaturated/α-hetero) is 1. The summed E-state index contributed by atoms with van der Waals surface area (Å²) in [5.41, 5.74) is 0.802. The Hall–Kier alpha value is -0.570. The number of nitrogens with one attached hydrogen (secondary N) is 1. The minimum atomic E-state index is 0.171. The van der Waals surface area contributed by atoms with Crippen LogP contribution in [0.2, 0.25) is 10.0 Å². The number of benzene rings is 1. The first kappa shape index (κ1) is 13.5. The molecule has 0 aliphatic heterocycles. The molecule has 0 atom stereocenters. The summed E-state index contributed by atoms with van der Waals surface area (Å²) >= 11 is 11.8. The van der Waals surface area contributed by atoms with E-state index in [1.165, 1.54) is 0 Å². The summed E-state index contributed by atoms with van der Waals surface area (Å²) in [6.07, 6.45) is 0.876. The van der Waals surface area contributed by atoms with Gasteiger partial charge < -0.3 is 5.32 Å². The predicted molar refractivity (Wildman–Crippen MR) is 68.3 cm³/mol. The highest BCUT2D eigenvalue weighted by atomic mass is 35.5. The lowest BCUT2D eigenvalue weighted by Gasteiger charge is -2.04. The molecule has 0 bridgehead atoms. The fraction of sp³-hybridized carbons (Fsp3) is 0.417. The van der Waals surface area contributed by atoms with E-state index < -0.39 is 0 Å². The van der Waals surface area contributed by atoms with E-state index in [1.54, 1.807) is 18.2 Å². The second-order valence-corrected chi connectivity index (χ2v) is 4.40. The molecule has 16 heavy (non-hydrogen) atoms. The lowest BCUT2D eigenvalue weighted by atomic mass is 10.1. The van der Waals surface area contributed by atoms with Crippen molar-refractivity contribution in [3.63, 3.8) is 0 Å². The van der Waals surface area contributed by atoms with Gasteiger partial charge in [0, 0.05) is 29.4 Å². The summed E-state index contributed by atoms with van der Waals surface area (Å²) in [4.78, 5) is 11.6. The van der Waals surface area contributed by atoms with Crippen molar-refractivity contribution in [3.05, 3.63) is 33.8 Å². The van der Waals surface area contributed by atoms with Crippen molar-refractivity contribution in [2.75, 3.05) is 13.1 Å². The van der Waals surface area contributed by atoms with Gasteiger partial charge in [-0.1, -0.05) is 30.1 Å². The zero-order valence-corrected chi connectivity index (χ0v) is 10.7. The topological polar surface area (TPSA) is 29.1 Å². The number of carbonyl (C=O) groups excluding carboxylic acids is 1. The Morgan fingerprint density at radius 2 is 2.12 bits per heavy atom. The fourth-order valence-electron chi connectivity index (χ4n) is 1.38. The number of hydrogen-bond donors (Lipinski definition) is 1. The van der Waals surface area contributed by atoms with Gasteiger partial charge in [0.1, 0.15) is 5.78 Å². The van der Waals surface area contributed by atoms with Crippen molar-refractivity contribution < 1.29 is 4.79 Å². The Morgan fingerprint density at radius 1 is 1.38 bits per heavy atom. The molecule has 0 radical (unpaired) electrons. The van der Waals surface area contributed by atoms with E-state index in [9.17, 15) is 4.79 Å². The molecule has 4 heteroatoms. The molecule has 0 aliphatic rings. The van der Waals surface area contributed by atoms with E-state index in [0.29, 0.717) is 29.4 Å². The molecule has 88 valence electrons. The molecule has 0 fully saturated rings. The van der Waals surface area contributed by atoms with Crippen molar-refractivity contribution in [1.82, 2.24) is 5.32 Å². The van der Waals surface area contributed by atoms with Crippen LogP contribution in [0.15, 0.2) is 18.2 Å². The zero-order chi connectivity index (χ0) is 12.0. The summed E-state index contributed by atoms with van der Waals surface area (Å²) in [6.45, 7) is 3.61. The predicted octanol–water partition coefficient (Wildman–Crippen LogP) is 3.10. The van der Waals surface area contributed by atoms with Gasteiger partial charge in [-0.15, -0.1) is 0 Å². The van der Waals surface area contributed by atoms with Crippen LogP contribution < -0.4 is 5.32 Å². The maximum absolute atomic E-state index is 11.6. The van der Waals surface area contributed by atoms with Crippen molar-refractivity contribution >= 4 is 29.0 Å². The lowest BCUT2D eigenvalue weighted by molar-refractivity contribution is -0.118. The lowest BCUT2D eigenvalue weighted by Crippen LogP contribution is -2.18. The minimum Gasteiger partial charge on any atom is -0.317 e. The van der Waals surface area contributed by atoms with Crippen LogP contribution in [0.25, 0.3) is 0 Å². The molecule has 1 N–H and O–H groups in total. The molecule has 1 aromatic rings. The molecule has 0 amide bonds. The molecule has 0 saturated heterocycles. The number of halogens is 2. The quantitative estimate of drug-likeness (QED) is 0.796. The first-order chi connectivity index (χ1) is 7.63. The molecule has 0 aliphatic carbocycles. The highest BCUT2D eigenvalue weighted by molar-refractivity contribution is 6.33. The number of ketones is 1. The molecule has 0 spiro atoms. The highest BCUT2D eigenvalue weighted by Gasteiger charge is 2.07. The highest BCUT2D eigenvalue weighted by Crippen LogP contribution is 2.21. The van der Waals surface area contributed by atoms with Crippen molar-refractivity contribution in [2.24, 2.45) is 0 Å². The number of hydrogen-bond acceptors (Lipinski definition) is 2. The summed E-state index contributed by atoms with van der Waals surface area (Å²) < 4.78 is 0. The van der Waals surface area contributed by atoms with Gasteiger partial charge >= 0.3 is 0 Å². The van der Waals surface area contributed by atoms with Gasteiger partial charge in [0.05, 0.1) is 0 Å². The molecular formula is C12H15Cl2NO. The summed E-state index contributed by atoms with van der Waals surface area (Å²) in [6, 6.07) is 5.18. The fourth-order valence-corrected chi connectivity index (χ4v) is 1.76. The van der Waals surface area contributed by atoms with Gasteiger partial charge in [0.25, 0.3) is 0 Å². The van der Waals surface area contributed by atoms with Crippen LogP contribution in [0.3, 0.4) is 0 Å². The second-order valence-electron chi connectivity index (χ2n) is 3.55. The first-order valence-corrected chi connectivity index (χ1v) is 6.05. The van der Waals surface area contributed by atoms with Crippen molar-refractivity contribution in [1.29, 1.82) is 0 Å². The molecule has 1 aromatic carbocycles. The third-order valence-electron chi connectivity index (χ3n) is 2.23. The molecule has 2 nitrogen and oxygen atoms in total. The molecule has 0 unspecified atom stereocenters. The van der Waals surface area contributed by atoms with Crippen LogP contribution in [0.4, 0.5) is 0 Å². The molecule has 0 aromatic heterocycles. The van der Waals surface area contributed by atoms with E-state index in [4.69, 9.17) is 23.2 Å². The van der Waals surface area contributed by atoms with Gasteiger partial charge in [-0.25, -0.2) is 0 Å². The van der Waals surface area contributed by atoms with Crippen LogP contribution in [0.1, 0.15) is 18.9 Å². The van der Waals surface area contributed by atoms with E-state index in [1.807, 2.05) is 6.92 Å². The van der Waals surface area contributed by atoms with Crippen LogP contribution in [-0.4, -0.2) is 18.9 Å². The van der Waals surface area contributed by atoms with Crippen LogP contribution >= 0.6 is 23.2 Å². The maximum Gasteiger partial charge on any atom is 0.138 e. The van der Waals surface area contributed by atoms with Gasteiger partial charge in [-0.05, 0) is 30.3 Å². The third kappa shape index (κ3) is 4.52. The monoisotopic (exact) mass is 259 g/mol. The average molecular weight is 260 g/mol. The van der Waals surface area contributed by atoms with Gasteiger partial charge in [-0.3, -0.25) is 4.79 Å². The molecule has 0 heterocycles. The van der Waals surface area contributed by atoms with Crippen molar-refractivity contribution in [2.45, 2.75) is 19.8 Å². The van der Waals surface area contributed by atoms with Gasteiger partial charge in [0.15, 0.2) is 0 Å². The summed E-state index contributed by atoms with van der Waals surface area (Å²) in [5.74, 6) is 0.171. The minimum absolute atomic E-state index is 0.171. The van der Waals surface area contributed by atoms with Gasteiger partial charge in [-0.2, -0.15) is 0 Å². The normalized spacial score (nSPS) is 10.4. The van der Waals surface area contributed by atoms with E-state index in [-0.39, 0.29) is 5.78 Å². The number of carbonyl (C=O) groups is 1. The van der Waals surface area contributed by atoms with Crippen LogP contribution in [0, 0.1) is 0 Å². The average Bonchev–Trinajstić information content (AvgIpc) is 2.24. The van der Waals surface area contributed by atoms with E-state index in [0.717, 1.165) is 12.1 Å². The first-order valence-electron chi connectivity index (χ1n) is 5.29. The molecule has 1 rings (SSSR count). The SMILES string of the molecule is CCNCCC(=O)Cc1cc(Cl)ccc1Cl. The second kappa shape index (κ2) is 6.89. The number of rotatable bonds is 6. The van der Waals surface area contributed by atoms with Crippen LogP contribution in [0.5, 0.6) is 0 Å². The largest absolute Gasteiger partial charge is 0.317 e. The Labute approximate surface area is 106 Å². The third-order valence-corrected chi connectivity index (χ3v) is 2.83. The maximum atomic E-state index is 11.6. The van der Waals surface area contributed by atoms with Gasteiger partial charge in [0.2, 0.25) is 0 Å². The Kier molecular flexibility index (Phi) is 5.81. The van der Waals surface area contributed by atoms with Crippen LogP contribution in [-0.2, 0) is 11.2 Å². The zero-order valence-electron chi connectivity index (χ0n) is 9.22. The Bertz CT molecular complexity index is 366.